The maximum atomic E-state index is 11.8. The molecule has 0 radical (unpaired) electrons. The average molecular weight is 302 g/mol. The van der Waals surface area contributed by atoms with E-state index in [9.17, 15) is 8.42 Å². The number of morpholine rings is 1. The van der Waals surface area contributed by atoms with Gasteiger partial charge in [0.15, 0.2) is 0 Å². The Morgan fingerprint density at radius 1 is 1.40 bits per heavy atom. The molecule has 6 nitrogen and oxygen atoms in total. The zero-order chi connectivity index (χ0) is 14.4. The Labute approximate surface area is 120 Å². The summed E-state index contributed by atoms with van der Waals surface area (Å²) >= 11 is 0. The van der Waals surface area contributed by atoms with Gasteiger partial charge in [-0.2, -0.15) is 0 Å². The summed E-state index contributed by atoms with van der Waals surface area (Å²) in [7, 11) is -3.21. The normalized spacial score (nSPS) is 19.1. The highest BCUT2D eigenvalue weighted by molar-refractivity contribution is 7.89. The van der Waals surface area contributed by atoms with E-state index < -0.39 is 10.0 Å². The van der Waals surface area contributed by atoms with Crippen molar-refractivity contribution >= 4 is 10.0 Å². The van der Waals surface area contributed by atoms with Crippen LogP contribution in [0.1, 0.15) is 25.1 Å². The Kier molecular flexibility index (Phi) is 5.59. The number of hydrogen-bond donors (Lipinski definition) is 1. The van der Waals surface area contributed by atoms with Crippen molar-refractivity contribution in [2.75, 3.05) is 38.6 Å². The van der Waals surface area contributed by atoms with Gasteiger partial charge in [0.2, 0.25) is 10.0 Å². The van der Waals surface area contributed by atoms with Crippen LogP contribution < -0.4 is 4.72 Å². The molecule has 0 aromatic carbocycles. The first-order valence-corrected chi connectivity index (χ1v) is 8.60. The van der Waals surface area contributed by atoms with E-state index in [0.29, 0.717) is 26.2 Å². The summed E-state index contributed by atoms with van der Waals surface area (Å²) in [6.45, 7) is 5.07. The van der Waals surface area contributed by atoms with Crippen molar-refractivity contribution in [2.24, 2.45) is 0 Å². The fourth-order valence-electron chi connectivity index (χ4n) is 2.33. The van der Waals surface area contributed by atoms with Gasteiger partial charge in [0.25, 0.3) is 0 Å². The number of sulfonamides is 1. The maximum absolute atomic E-state index is 11.8. The van der Waals surface area contributed by atoms with Gasteiger partial charge in [-0.15, -0.1) is 0 Å². The van der Waals surface area contributed by atoms with Crippen LogP contribution in [-0.2, 0) is 14.8 Å². The number of rotatable bonds is 7. The summed E-state index contributed by atoms with van der Waals surface area (Å²) in [5, 5.41) is 0. The van der Waals surface area contributed by atoms with Crippen molar-refractivity contribution < 1.29 is 17.6 Å². The maximum Gasteiger partial charge on any atom is 0.211 e. The van der Waals surface area contributed by atoms with Crippen LogP contribution in [-0.4, -0.2) is 51.9 Å². The van der Waals surface area contributed by atoms with Crippen LogP contribution in [0.4, 0.5) is 0 Å². The molecule has 1 aromatic rings. The molecule has 2 rings (SSSR count). The lowest BCUT2D eigenvalue weighted by atomic mass is 10.2. The van der Waals surface area contributed by atoms with Crippen LogP contribution >= 0.6 is 0 Å². The molecule has 0 saturated carbocycles. The lowest BCUT2D eigenvalue weighted by Crippen LogP contribution is -2.44. The summed E-state index contributed by atoms with van der Waals surface area (Å²) in [6, 6.07) is 3.62. The first kappa shape index (κ1) is 15.5. The number of nitrogens with one attached hydrogen (secondary N) is 1. The zero-order valence-electron chi connectivity index (χ0n) is 11.7. The van der Waals surface area contributed by atoms with E-state index in [4.69, 9.17) is 9.15 Å². The Hall–Kier alpha value is -0.890. The van der Waals surface area contributed by atoms with Gasteiger partial charge in [0.1, 0.15) is 5.76 Å². The molecule has 1 saturated heterocycles. The Bertz CT molecular complexity index is 480. The van der Waals surface area contributed by atoms with Crippen molar-refractivity contribution in [1.29, 1.82) is 0 Å². The molecule has 114 valence electrons. The Morgan fingerprint density at radius 2 is 2.15 bits per heavy atom. The largest absolute Gasteiger partial charge is 0.468 e. The van der Waals surface area contributed by atoms with Crippen LogP contribution in [0.2, 0.25) is 0 Å². The molecule has 0 amide bonds. The lowest BCUT2D eigenvalue weighted by Gasteiger charge is -2.33. The molecule has 1 atom stereocenters. The quantitative estimate of drug-likeness (QED) is 0.813. The number of ether oxygens (including phenoxy) is 1. The van der Waals surface area contributed by atoms with Gasteiger partial charge in [-0.3, -0.25) is 4.90 Å². The van der Waals surface area contributed by atoms with Crippen LogP contribution in [0, 0.1) is 0 Å². The van der Waals surface area contributed by atoms with Crippen molar-refractivity contribution in [3.63, 3.8) is 0 Å². The fraction of sp³-hybridized carbons (Fsp3) is 0.692. The molecule has 1 aliphatic heterocycles. The molecule has 0 bridgehead atoms. The highest BCUT2D eigenvalue weighted by Gasteiger charge is 2.26. The van der Waals surface area contributed by atoms with Crippen LogP contribution in [0.25, 0.3) is 0 Å². The summed E-state index contributed by atoms with van der Waals surface area (Å²) in [5.41, 5.74) is 0. The topological polar surface area (TPSA) is 71.8 Å². The molecule has 0 spiro atoms. The minimum absolute atomic E-state index is 0.0828. The zero-order valence-corrected chi connectivity index (χ0v) is 12.6. The second-order valence-electron chi connectivity index (χ2n) is 4.85. The van der Waals surface area contributed by atoms with Gasteiger partial charge >= 0.3 is 0 Å². The number of nitrogens with zero attached hydrogens (tertiary/aromatic N) is 1. The van der Waals surface area contributed by atoms with Gasteiger partial charge in [-0.1, -0.05) is 6.92 Å². The van der Waals surface area contributed by atoms with Gasteiger partial charge in [-0.25, -0.2) is 13.1 Å². The lowest BCUT2D eigenvalue weighted by molar-refractivity contribution is 0.0128. The second-order valence-corrected chi connectivity index (χ2v) is 6.77. The predicted molar refractivity (Wildman–Crippen MR) is 75.9 cm³/mol. The van der Waals surface area contributed by atoms with Crippen LogP contribution in [0.15, 0.2) is 22.8 Å². The second kappa shape index (κ2) is 7.21. The van der Waals surface area contributed by atoms with Crippen molar-refractivity contribution in [3.05, 3.63) is 24.2 Å². The standard InChI is InChI=1S/C13H22N2O4S/c1-2-10-20(16,17)14-11-12(13-4-3-7-19-13)15-5-8-18-9-6-15/h3-4,7,12,14H,2,5-6,8-11H2,1H3. The van der Waals surface area contributed by atoms with Gasteiger partial charge in [0, 0.05) is 19.6 Å². The van der Waals surface area contributed by atoms with Gasteiger partial charge in [0.05, 0.1) is 31.3 Å². The highest BCUT2D eigenvalue weighted by atomic mass is 32.2. The summed E-state index contributed by atoms with van der Waals surface area (Å²) in [4.78, 5) is 2.19. The van der Waals surface area contributed by atoms with E-state index in [1.807, 2.05) is 19.1 Å². The van der Waals surface area contributed by atoms with Crippen molar-refractivity contribution in [2.45, 2.75) is 19.4 Å². The van der Waals surface area contributed by atoms with Crippen molar-refractivity contribution in [1.82, 2.24) is 9.62 Å². The van der Waals surface area contributed by atoms with Gasteiger partial charge < -0.3 is 9.15 Å². The van der Waals surface area contributed by atoms with Crippen LogP contribution in [0.3, 0.4) is 0 Å². The third-order valence-electron chi connectivity index (χ3n) is 3.33. The molecular weight excluding hydrogens is 280 g/mol. The summed E-state index contributed by atoms with van der Waals surface area (Å²) < 4.78 is 37.1. The van der Waals surface area contributed by atoms with Gasteiger partial charge in [-0.05, 0) is 18.6 Å². The van der Waals surface area contributed by atoms with E-state index in [1.165, 1.54) is 0 Å². The fourth-order valence-corrected chi connectivity index (χ4v) is 3.42. The SMILES string of the molecule is CCCS(=O)(=O)NCC(c1ccco1)N1CCOCC1. The highest BCUT2D eigenvalue weighted by Crippen LogP contribution is 2.21. The Balaban J connectivity index is 2.03. The molecule has 20 heavy (non-hydrogen) atoms. The molecule has 2 heterocycles. The third-order valence-corrected chi connectivity index (χ3v) is 4.88. The summed E-state index contributed by atoms with van der Waals surface area (Å²) in [5.74, 6) is 0.937. The predicted octanol–water partition coefficient (Wildman–Crippen LogP) is 0.982. The van der Waals surface area contributed by atoms with Crippen LogP contribution in [0.5, 0.6) is 0 Å². The third kappa shape index (κ3) is 4.31. The monoisotopic (exact) mass is 302 g/mol. The molecule has 1 aliphatic rings. The minimum Gasteiger partial charge on any atom is -0.468 e. The first-order chi connectivity index (χ1) is 9.62. The Morgan fingerprint density at radius 3 is 2.75 bits per heavy atom. The van der Waals surface area contributed by atoms with Crippen molar-refractivity contribution in [3.8, 4) is 0 Å². The van der Waals surface area contributed by atoms with E-state index in [0.717, 1.165) is 18.8 Å². The molecular formula is C13H22N2O4S. The molecule has 1 aromatic heterocycles. The molecule has 7 heteroatoms. The van der Waals surface area contributed by atoms with E-state index in [-0.39, 0.29) is 11.8 Å². The number of hydrogen-bond acceptors (Lipinski definition) is 5. The minimum atomic E-state index is -3.21. The molecule has 0 aliphatic carbocycles. The molecule has 1 fully saturated rings. The number of furan rings is 1. The summed E-state index contributed by atoms with van der Waals surface area (Å²) in [6.07, 6.45) is 2.22. The smallest absolute Gasteiger partial charge is 0.211 e. The van der Waals surface area contributed by atoms with E-state index in [1.54, 1.807) is 6.26 Å². The van der Waals surface area contributed by atoms with E-state index >= 15 is 0 Å². The molecule has 1 unspecified atom stereocenters. The first-order valence-electron chi connectivity index (χ1n) is 6.95. The molecule has 1 N–H and O–H groups in total. The van der Waals surface area contributed by atoms with E-state index in [2.05, 4.69) is 9.62 Å². The average Bonchev–Trinajstić information content (AvgIpc) is 2.94.